The molecule has 3 aromatic rings. The normalized spacial score (nSPS) is 16.7. The topological polar surface area (TPSA) is 27.0 Å². The van der Waals surface area contributed by atoms with Gasteiger partial charge in [0.05, 0.1) is 11.5 Å². The van der Waals surface area contributed by atoms with Crippen molar-refractivity contribution in [1.29, 1.82) is 5.26 Å². The molecule has 0 saturated carbocycles. The molecule has 0 radical (unpaired) electrons. The maximum absolute atomic E-state index is 10.2. The maximum atomic E-state index is 10.2. The molecule has 3 aromatic carbocycles. The maximum Gasteiger partial charge on any atom is 0.0845 e. The zero-order chi connectivity index (χ0) is 25.0. The molecule has 2 nitrogen and oxygen atoms in total. The van der Waals surface area contributed by atoms with Gasteiger partial charge >= 0.3 is 0 Å². The van der Waals surface area contributed by atoms with Crippen LogP contribution in [0.3, 0.4) is 0 Å². The number of hydrogen-bond donors (Lipinski definition) is 0. The van der Waals surface area contributed by atoms with Gasteiger partial charge in [-0.3, -0.25) is 0 Å². The standard InChI is InChI=1S/C34H36N2.ClH/c1-26(2)34(25-35,30-13-4-3-5-14-30)21-10-22-36-23-19-29(20-24-36)33-31-15-8-6-11-27(31)17-18-28-12-7-9-16-32(28)33;/h3-9,11-18,26H,10,19-24H2,1-2H3;1H. The first kappa shape index (κ1) is 26.9. The van der Waals surface area contributed by atoms with E-state index in [0.717, 1.165) is 50.9 Å². The molecule has 3 heteroatoms. The van der Waals surface area contributed by atoms with Crippen LogP contribution in [0, 0.1) is 17.2 Å². The summed E-state index contributed by atoms with van der Waals surface area (Å²) >= 11 is 0. The Hall–Kier alpha value is -3.12. The number of hydrogen-bond acceptors (Lipinski definition) is 2. The third-order valence-electron chi connectivity index (χ3n) is 8.24. The van der Waals surface area contributed by atoms with E-state index in [-0.39, 0.29) is 18.3 Å². The molecule has 1 atom stereocenters. The molecule has 0 bridgehead atoms. The van der Waals surface area contributed by atoms with Crippen LogP contribution in [0.1, 0.15) is 67.3 Å². The van der Waals surface area contributed by atoms with Gasteiger partial charge in [-0.2, -0.15) is 5.26 Å². The third kappa shape index (κ3) is 5.45. The number of fused-ring (bicyclic) bond motifs is 2. The molecule has 1 aliphatic heterocycles. The molecule has 0 amide bonds. The van der Waals surface area contributed by atoms with E-state index in [4.69, 9.17) is 0 Å². The van der Waals surface area contributed by atoms with E-state index in [1.54, 1.807) is 5.57 Å². The van der Waals surface area contributed by atoms with Gasteiger partial charge in [0.25, 0.3) is 0 Å². The summed E-state index contributed by atoms with van der Waals surface area (Å²) in [5, 5.41) is 10.2. The summed E-state index contributed by atoms with van der Waals surface area (Å²) in [5.74, 6) is 0.284. The van der Waals surface area contributed by atoms with Crippen molar-refractivity contribution >= 4 is 30.1 Å². The van der Waals surface area contributed by atoms with Crippen molar-refractivity contribution in [3.05, 3.63) is 112 Å². The Morgan fingerprint density at radius 2 is 1.35 bits per heavy atom. The van der Waals surface area contributed by atoms with Crippen LogP contribution in [-0.2, 0) is 5.41 Å². The van der Waals surface area contributed by atoms with Gasteiger partial charge < -0.3 is 4.90 Å². The van der Waals surface area contributed by atoms with Crippen molar-refractivity contribution < 1.29 is 0 Å². The van der Waals surface area contributed by atoms with Gasteiger partial charge in [0.2, 0.25) is 0 Å². The number of nitrogens with zero attached hydrogens (tertiary/aromatic N) is 2. The highest BCUT2D eigenvalue weighted by atomic mass is 35.5. The number of likely N-dealkylation sites (tertiary alicyclic amines) is 1. The first-order chi connectivity index (χ1) is 17.6. The number of halogens is 1. The molecule has 0 N–H and O–H groups in total. The van der Waals surface area contributed by atoms with E-state index in [2.05, 4.69) is 110 Å². The van der Waals surface area contributed by atoms with Crippen LogP contribution >= 0.6 is 12.4 Å². The van der Waals surface area contributed by atoms with Gasteiger partial charge in [0, 0.05) is 13.1 Å². The average molecular weight is 509 g/mol. The van der Waals surface area contributed by atoms with Crippen LogP contribution < -0.4 is 0 Å². The lowest BCUT2D eigenvalue weighted by atomic mass is 9.70. The zero-order valence-electron chi connectivity index (χ0n) is 22.0. The molecule has 5 rings (SSSR count). The second-order valence-electron chi connectivity index (χ2n) is 10.5. The van der Waals surface area contributed by atoms with Crippen LogP contribution in [0.4, 0.5) is 0 Å². The van der Waals surface area contributed by atoms with Crippen LogP contribution in [0.15, 0.2) is 84.4 Å². The summed E-state index contributed by atoms with van der Waals surface area (Å²) in [5.41, 5.74) is 9.10. The highest BCUT2D eigenvalue weighted by Crippen LogP contribution is 2.39. The van der Waals surface area contributed by atoms with Crippen molar-refractivity contribution in [3.63, 3.8) is 0 Å². The van der Waals surface area contributed by atoms with Gasteiger partial charge in [-0.05, 0) is 71.5 Å². The Morgan fingerprint density at radius 1 is 0.811 bits per heavy atom. The highest BCUT2D eigenvalue weighted by Gasteiger charge is 2.35. The SMILES string of the molecule is CC(C)C(C#N)(CCCN1CCC(=C2c3ccccc3C=Cc3ccccc32)CC1)c1ccccc1.Cl. The summed E-state index contributed by atoms with van der Waals surface area (Å²) in [6.07, 6.45) is 8.68. The molecule has 0 spiro atoms. The van der Waals surface area contributed by atoms with Crippen LogP contribution in [0.25, 0.3) is 17.7 Å². The van der Waals surface area contributed by atoms with Gasteiger partial charge in [-0.25, -0.2) is 0 Å². The largest absolute Gasteiger partial charge is 0.303 e. The zero-order valence-corrected chi connectivity index (χ0v) is 22.8. The van der Waals surface area contributed by atoms with Crippen molar-refractivity contribution in [1.82, 2.24) is 4.90 Å². The molecule has 37 heavy (non-hydrogen) atoms. The predicted octanol–water partition coefficient (Wildman–Crippen LogP) is 8.39. The fourth-order valence-electron chi connectivity index (χ4n) is 6.08. The minimum absolute atomic E-state index is 0. The molecular weight excluding hydrogens is 472 g/mol. The van der Waals surface area contributed by atoms with E-state index in [1.807, 2.05) is 6.07 Å². The number of rotatable bonds is 6. The van der Waals surface area contributed by atoms with Gasteiger partial charge in [0.1, 0.15) is 0 Å². The van der Waals surface area contributed by atoms with E-state index in [0.29, 0.717) is 0 Å². The van der Waals surface area contributed by atoms with Crippen LogP contribution in [0.2, 0.25) is 0 Å². The molecule has 1 saturated heterocycles. The molecule has 190 valence electrons. The Morgan fingerprint density at radius 3 is 1.89 bits per heavy atom. The molecule has 1 heterocycles. The second kappa shape index (κ2) is 12.0. The Balaban J connectivity index is 0.00000320. The lowest BCUT2D eigenvalue weighted by Gasteiger charge is -2.34. The minimum atomic E-state index is -0.412. The number of nitriles is 1. The third-order valence-corrected chi connectivity index (χ3v) is 8.24. The van der Waals surface area contributed by atoms with Crippen molar-refractivity contribution in [2.45, 2.75) is 44.9 Å². The summed E-state index contributed by atoms with van der Waals surface area (Å²) in [7, 11) is 0. The summed E-state index contributed by atoms with van der Waals surface area (Å²) < 4.78 is 0. The molecule has 1 fully saturated rings. The number of piperidine rings is 1. The Bertz CT molecular complexity index is 1250. The van der Waals surface area contributed by atoms with Gasteiger partial charge in [-0.15, -0.1) is 12.4 Å². The second-order valence-corrected chi connectivity index (χ2v) is 10.5. The van der Waals surface area contributed by atoms with E-state index in [1.165, 1.54) is 27.8 Å². The average Bonchev–Trinajstić information content (AvgIpc) is 3.09. The van der Waals surface area contributed by atoms with Crippen molar-refractivity contribution in [2.24, 2.45) is 5.92 Å². The summed E-state index contributed by atoms with van der Waals surface area (Å²) in [4.78, 5) is 2.60. The first-order valence-electron chi connectivity index (χ1n) is 13.4. The molecule has 2 aliphatic rings. The number of benzene rings is 3. The fourth-order valence-corrected chi connectivity index (χ4v) is 6.08. The lowest BCUT2D eigenvalue weighted by Crippen LogP contribution is -2.35. The van der Waals surface area contributed by atoms with E-state index >= 15 is 0 Å². The molecular formula is C34H37ClN2. The van der Waals surface area contributed by atoms with E-state index < -0.39 is 5.41 Å². The van der Waals surface area contributed by atoms with Gasteiger partial charge in [0.15, 0.2) is 0 Å². The minimum Gasteiger partial charge on any atom is -0.303 e. The van der Waals surface area contributed by atoms with E-state index in [9.17, 15) is 5.26 Å². The van der Waals surface area contributed by atoms with Crippen molar-refractivity contribution in [3.8, 4) is 6.07 Å². The summed E-state index contributed by atoms with van der Waals surface area (Å²) in [6, 6.07) is 30.8. The molecule has 1 unspecified atom stereocenters. The Kier molecular flexibility index (Phi) is 8.70. The summed E-state index contributed by atoms with van der Waals surface area (Å²) in [6.45, 7) is 7.60. The lowest BCUT2D eigenvalue weighted by molar-refractivity contribution is 0.238. The quantitative estimate of drug-likeness (QED) is 0.261. The smallest absolute Gasteiger partial charge is 0.0845 e. The van der Waals surface area contributed by atoms with Crippen LogP contribution in [0.5, 0.6) is 0 Å². The molecule has 1 aliphatic carbocycles. The van der Waals surface area contributed by atoms with Gasteiger partial charge in [-0.1, -0.05) is 110 Å². The molecule has 0 aromatic heterocycles. The Labute approximate surface area is 228 Å². The fraction of sp³-hybridized carbons (Fsp3) is 0.324. The monoisotopic (exact) mass is 508 g/mol. The predicted molar refractivity (Wildman–Crippen MR) is 159 cm³/mol. The first-order valence-corrected chi connectivity index (χ1v) is 13.4. The highest BCUT2D eigenvalue weighted by molar-refractivity contribution is 5.94. The van der Waals surface area contributed by atoms with Crippen molar-refractivity contribution in [2.75, 3.05) is 19.6 Å². The van der Waals surface area contributed by atoms with Crippen LogP contribution in [-0.4, -0.2) is 24.5 Å².